The van der Waals surface area contributed by atoms with E-state index in [0.29, 0.717) is 23.0 Å². The largest absolute Gasteiger partial charge is 0.503 e. The van der Waals surface area contributed by atoms with Gasteiger partial charge in [0.25, 0.3) is 0 Å². The SMILES string of the molecule is CO/C=C(\C(=O)OC)c1ccccc1COc1cc(C)nc(Nc2ccccc2)n1. The van der Waals surface area contributed by atoms with Gasteiger partial charge in [-0.25, -0.2) is 9.78 Å². The van der Waals surface area contributed by atoms with Crippen molar-refractivity contribution in [1.29, 1.82) is 0 Å². The molecule has 30 heavy (non-hydrogen) atoms. The van der Waals surface area contributed by atoms with Crippen molar-refractivity contribution < 1.29 is 19.0 Å². The Hall–Kier alpha value is -3.87. The molecule has 3 rings (SSSR count). The highest BCUT2D eigenvalue weighted by Crippen LogP contribution is 2.23. The first-order valence-corrected chi connectivity index (χ1v) is 9.31. The number of aryl methyl sites for hydroxylation is 1. The lowest BCUT2D eigenvalue weighted by atomic mass is 10.0. The summed E-state index contributed by atoms with van der Waals surface area (Å²) in [6, 6.07) is 18.8. The molecule has 0 saturated heterocycles. The van der Waals surface area contributed by atoms with Crippen molar-refractivity contribution in [2.45, 2.75) is 13.5 Å². The number of anilines is 2. The maximum Gasteiger partial charge on any atom is 0.341 e. The number of nitrogens with one attached hydrogen (secondary N) is 1. The summed E-state index contributed by atoms with van der Waals surface area (Å²) in [6.07, 6.45) is 1.36. The zero-order valence-corrected chi connectivity index (χ0v) is 17.1. The van der Waals surface area contributed by atoms with Crippen LogP contribution in [0.3, 0.4) is 0 Å². The molecule has 7 nitrogen and oxygen atoms in total. The third-order valence-electron chi connectivity index (χ3n) is 4.18. The zero-order chi connectivity index (χ0) is 21.3. The van der Waals surface area contributed by atoms with Crippen LogP contribution < -0.4 is 10.1 Å². The molecule has 0 aliphatic heterocycles. The van der Waals surface area contributed by atoms with E-state index in [1.807, 2.05) is 61.5 Å². The van der Waals surface area contributed by atoms with E-state index in [2.05, 4.69) is 15.3 Å². The van der Waals surface area contributed by atoms with E-state index in [9.17, 15) is 4.79 Å². The highest BCUT2D eigenvalue weighted by Gasteiger charge is 2.17. The molecule has 0 bridgehead atoms. The predicted molar refractivity (Wildman–Crippen MR) is 114 cm³/mol. The number of para-hydroxylation sites is 1. The molecule has 0 fully saturated rings. The molecule has 2 aromatic carbocycles. The van der Waals surface area contributed by atoms with Gasteiger partial charge in [-0.2, -0.15) is 4.98 Å². The molecule has 3 aromatic rings. The quantitative estimate of drug-likeness (QED) is 0.340. The molecule has 0 spiro atoms. The van der Waals surface area contributed by atoms with Crippen molar-refractivity contribution in [3.8, 4) is 5.88 Å². The van der Waals surface area contributed by atoms with Gasteiger partial charge in [0.1, 0.15) is 12.2 Å². The summed E-state index contributed by atoms with van der Waals surface area (Å²) < 4.78 is 15.8. The highest BCUT2D eigenvalue weighted by molar-refractivity contribution is 6.16. The molecule has 0 aliphatic carbocycles. The number of nitrogens with zero attached hydrogens (tertiary/aromatic N) is 2. The fourth-order valence-electron chi connectivity index (χ4n) is 2.83. The molecular weight excluding hydrogens is 382 g/mol. The molecule has 0 aliphatic rings. The van der Waals surface area contributed by atoms with E-state index in [-0.39, 0.29) is 6.61 Å². The number of ether oxygens (including phenoxy) is 3. The Morgan fingerprint density at radius 1 is 1.03 bits per heavy atom. The van der Waals surface area contributed by atoms with Crippen LogP contribution in [0.4, 0.5) is 11.6 Å². The topological polar surface area (TPSA) is 82.6 Å². The number of carbonyl (C=O) groups excluding carboxylic acids is 1. The number of methoxy groups -OCH3 is 2. The van der Waals surface area contributed by atoms with Crippen molar-refractivity contribution >= 4 is 23.2 Å². The number of benzene rings is 2. The molecular formula is C23H23N3O4. The number of rotatable bonds is 8. The van der Waals surface area contributed by atoms with Crippen molar-refractivity contribution in [3.05, 3.63) is 83.7 Å². The first kappa shape index (κ1) is 20.9. The number of carbonyl (C=O) groups is 1. The van der Waals surface area contributed by atoms with Gasteiger partial charge in [-0.3, -0.25) is 0 Å². The van der Waals surface area contributed by atoms with Gasteiger partial charge in [0, 0.05) is 17.4 Å². The van der Waals surface area contributed by atoms with Crippen LogP contribution in [0, 0.1) is 6.92 Å². The summed E-state index contributed by atoms with van der Waals surface area (Å²) in [6.45, 7) is 2.07. The molecule has 0 atom stereocenters. The van der Waals surface area contributed by atoms with Crippen LogP contribution in [-0.2, 0) is 20.9 Å². The smallest absolute Gasteiger partial charge is 0.341 e. The van der Waals surface area contributed by atoms with Crippen molar-refractivity contribution in [1.82, 2.24) is 9.97 Å². The lowest BCUT2D eigenvalue weighted by Crippen LogP contribution is -2.09. The monoisotopic (exact) mass is 405 g/mol. The van der Waals surface area contributed by atoms with Gasteiger partial charge in [0.05, 0.1) is 20.5 Å². The van der Waals surface area contributed by atoms with Gasteiger partial charge >= 0.3 is 5.97 Å². The molecule has 154 valence electrons. The second-order valence-electron chi connectivity index (χ2n) is 6.37. The molecule has 0 saturated carbocycles. The summed E-state index contributed by atoms with van der Waals surface area (Å²) in [5.74, 6) is 0.376. The molecule has 0 radical (unpaired) electrons. The minimum absolute atomic E-state index is 0.204. The number of hydrogen-bond donors (Lipinski definition) is 1. The summed E-state index contributed by atoms with van der Waals surface area (Å²) in [4.78, 5) is 21.0. The second-order valence-corrected chi connectivity index (χ2v) is 6.37. The van der Waals surface area contributed by atoms with E-state index in [1.54, 1.807) is 6.07 Å². The Balaban J connectivity index is 1.81. The van der Waals surface area contributed by atoms with Crippen LogP contribution in [0.5, 0.6) is 5.88 Å². The van der Waals surface area contributed by atoms with Gasteiger partial charge in [-0.15, -0.1) is 0 Å². The summed E-state index contributed by atoms with van der Waals surface area (Å²) in [5, 5.41) is 3.16. The van der Waals surface area contributed by atoms with Crippen LogP contribution in [-0.4, -0.2) is 30.2 Å². The maximum absolute atomic E-state index is 12.2. The first-order chi connectivity index (χ1) is 14.6. The fraction of sp³-hybridized carbons (Fsp3) is 0.174. The summed E-state index contributed by atoms with van der Waals surface area (Å²) in [7, 11) is 2.81. The average Bonchev–Trinajstić information content (AvgIpc) is 2.76. The van der Waals surface area contributed by atoms with Crippen molar-refractivity contribution in [2.24, 2.45) is 0 Å². The van der Waals surface area contributed by atoms with Gasteiger partial charge in [-0.1, -0.05) is 42.5 Å². The number of aromatic nitrogens is 2. The highest BCUT2D eigenvalue weighted by atomic mass is 16.5. The maximum atomic E-state index is 12.2. The Bertz CT molecular complexity index is 1040. The number of hydrogen-bond acceptors (Lipinski definition) is 7. The Kier molecular flexibility index (Phi) is 7.00. The second kappa shape index (κ2) is 10.1. The first-order valence-electron chi connectivity index (χ1n) is 9.31. The van der Waals surface area contributed by atoms with Crippen molar-refractivity contribution in [3.63, 3.8) is 0 Å². The molecule has 0 unspecified atom stereocenters. The van der Waals surface area contributed by atoms with E-state index in [4.69, 9.17) is 14.2 Å². The van der Waals surface area contributed by atoms with Crippen LogP contribution >= 0.6 is 0 Å². The van der Waals surface area contributed by atoms with Crippen LogP contribution in [0.15, 0.2) is 66.9 Å². The molecule has 1 heterocycles. The van der Waals surface area contributed by atoms with Gasteiger partial charge < -0.3 is 19.5 Å². The molecule has 0 amide bonds. The minimum Gasteiger partial charge on any atom is -0.503 e. The van der Waals surface area contributed by atoms with Crippen LogP contribution in [0.2, 0.25) is 0 Å². The van der Waals surface area contributed by atoms with E-state index in [0.717, 1.165) is 16.9 Å². The average molecular weight is 405 g/mol. The van der Waals surface area contributed by atoms with Gasteiger partial charge in [0.2, 0.25) is 11.8 Å². The normalized spacial score (nSPS) is 11.0. The Morgan fingerprint density at radius 2 is 1.77 bits per heavy atom. The summed E-state index contributed by atoms with van der Waals surface area (Å²) in [5.41, 5.74) is 3.41. The third kappa shape index (κ3) is 5.35. The summed E-state index contributed by atoms with van der Waals surface area (Å²) >= 11 is 0. The van der Waals surface area contributed by atoms with Gasteiger partial charge in [0.15, 0.2) is 0 Å². The zero-order valence-electron chi connectivity index (χ0n) is 17.1. The minimum atomic E-state index is -0.489. The van der Waals surface area contributed by atoms with E-state index < -0.39 is 5.97 Å². The predicted octanol–water partition coefficient (Wildman–Crippen LogP) is 4.27. The number of esters is 1. The standard InChI is InChI=1S/C23H23N3O4/c1-16-13-21(26-23(24-16)25-18-10-5-4-6-11-18)30-14-17-9-7-8-12-19(17)20(15-28-2)22(27)29-3/h4-13,15H,14H2,1-3H3,(H,24,25,26)/b20-15-. The van der Waals surface area contributed by atoms with Crippen LogP contribution in [0.1, 0.15) is 16.8 Å². The van der Waals surface area contributed by atoms with Gasteiger partial charge in [-0.05, 0) is 30.2 Å². The Labute approximate surface area is 175 Å². The Morgan fingerprint density at radius 3 is 2.50 bits per heavy atom. The lowest BCUT2D eigenvalue weighted by Gasteiger charge is -2.13. The third-order valence-corrected chi connectivity index (χ3v) is 4.18. The fourth-order valence-corrected chi connectivity index (χ4v) is 2.83. The molecule has 7 heteroatoms. The van der Waals surface area contributed by atoms with E-state index >= 15 is 0 Å². The molecule has 1 N–H and O–H groups in total. The lowest BCUT2D eigenvalue weighted by molar-refractivity contribution is -0.133. The van der Waals surface area contributed by atoms with Crippen molar-refractivity contribution in [2.75, 3.05) is 19.5 Å². The molecule has 1 aromatic heterocycles. The van der Waals surface area contributed by atoms with Crippen LogP contribution in [0.25, 0.3) is 5.57 Å². The van der Waals surface area contributed by atoms with E-state index in [1.165, 1.54) is 20.5 Å².